The Morgan fingerprint density at radius 1 is 1.47 bits per heavy atom. The van der Waals surface area contributed by atoms with Gasteiger partial charge in [0.2, 0.25) is 0 Å². The lowest BCUT2D eigenvalue weighted by molar-refractivity contribution is 0.0821. The molecule has 1 aliphatic rings. The van der Waals surface area contributed by atoms with Crippen molar-refractivity contribution in [3.63, 3.8) is 0 Å². The molecule has 6 heteroatoms. The van der Waals surface area contributed by atoms with Crippen molar-refractivity contribution in [1.29, 1.82) is 0 Å². The third kappa shape index (κ3) is 3.41. The van der Waals surface area contributed by atoms with E-state index in [0.29, 0.717) is 11.7 Å². The number of likely N-dealkylation sites (tertiary alicyclic amines) is 1. The number of carbonyl (C=O) groups excluding carboxylic acids is 1. The van der Waals surface area contributed by atoms with Gasteiger partial charge in [0, 0.05) is 26.7 Å². The zero-order valence-corrected chi connectivity index (χ0v) is 11.8. The Hall–Kier alpha value is -1.69. The average molecular weight is 263 g/mol. The van der Waals surface area contributed by atoms with E-state index >= 15 is 0 Å². The summed E-state index contributed by atoms with van der Waals surface area (Å²) in [6.45, 7) is 2.03. The smallest absolute Gasteiger partial charge is 0.273 e. The van der Waals surface area contributed by atoms with Crippen LogP contribution >= 0.6 is 0 Å². The second-order valence-electron chi connectivity index (χ2n) is 5.16. The van der Waals surface area contributed by atoms with E-state index < -0.39 is 0 Å². The molecule has 1 fully saturated rings. The predicted molar refractivity (Wildman–Crippen MR) is 74.2 cm³/mol. The highest BCUT2D eigenvalue weighted by atomic mass is 16.2. The van der Waals surface area contributed by atoms with Crippen LogP contribution in [0.3, 0.4) is 0 Å². The van der Waals surface area contributed by atoms with Gasteiger partial charge in [-0.25, -0.2) is 0 Å². The topological polar surface area (TPSA) is 61.4 Å². The summed E-state index contributed by atoms with van der Waals surface area (Å²) in [5.74, 6) is 0.588. The lowest BCUT2D eigenvalue weighted by atomic mass is 10.2. The fraction of sp³-hybridized carbons (Fsp3) is 0.615. The number of hydrogen-bond acceptors (Lipinski definition) is 5. The molecule has 1 N–H and O–H groups in total. The molecule has 1 aromatic heterocycles. The van der Waals surface area contributed by atoms with Crippen LogP contribution in [0.2, 0.25) is 0 Å². The summed E-state index contributed by atoms with van der Waals surface area (Å²) in [6, 6.07) is 4.07. The van der Waals surface area contributed by atoms with E-state index in [1.807, 2.05) is 0 Å². The van der Waals surface area contributed by atoms with E-state index in [1.54, 1.807) is 26.2 Å². The van der Waals surface area contributed by atoms with Gasteiger partial charge in [-0.1, -0.05) is 0 Å². The van der Waals surface area contributed by atoms with Gasteiger partial charge in [-0.15, -0.1) is 10.2 Å². The lowest BCUT2D eigenvalue weighted by Crippen LogP contribution is -2.31. The SMILES string of the molecule is CN(C)C(=O)c1ccc(NCC2CCCN2C)nn1. The molecule has 1 unspecified atom stereocenters. The van der Waals surface area contributed by atoms with Gasteiger partial charge in [0.1, 0.15) is 5.82 Å². The van der Waals surface area contributed by atoms with Crippen LogP contribution in [-0.2, 0) is 0 Å². The van der Waals surface area contributed by atoms with Gasteiger partial charge in [-0.05, 0) is 38.6 Å². The van der Waals surface area contributed by atoms with Crippen molar-refractivity contribution in [1.82, 2.24) is 20.0 Å². The summed E-state index contributed by atoms with van der Waals surface area (Å²) >= 11 is 0. The van der Waals surface area contributed by atoms with Crippen molar-refractivity contribution < 1.29 is 4.79 Å². The molecule has 0 saturated carbocycles. The summed E-state index contributed by atoms with van der Waals surface area (Å²) < 4.78 is 0. The minimum atomic E-state index is -0.130. The highest BCUT2D eigenvalue weighted by Gasteiger charge is 2.20. The molecule has 1 amide bonds. The summed E-state index contributed by atoms with van der Waals surface area (Å²) in [5, 5.41) is 11.3. The highest BCUT2D eigenvalue weighted by Crippen LogP contribution is 2.15. The second kappa shape index (κ2) is 5.97. The second-order valence-corrected chi connectivity index (χ2v) is 5.16. The van der Waals surface area contributed by atoms with Gasteiger partial charge >= 0.3 is 0 Å². The molecule has 2 rings (SSSR count). The first-order chi connectivity index (χ1) is 9.08. The number of aromatic nitrogens is 2. The molecule has 19 heavy (non-hydrogen) atoms. The number of amides is 1. The highest BCUT2D eigenvalue weighted by molar-refractivity contribution is 5.91. The van der Waals surface area contributed by atoms with Gasteiger partial charge in [0.05, 0.1) is 0 Å². The van der Waals surface area contributed by atoms with Crippen LogP contribution in [0.5, 0.6) is 0 Å². The van der Waals surface area contributed by atoms with E-state index in [2.05, 4.69) is 27.5 Å². The van der Waals surface area contributed by atoms with Gasteiger partial charge in [0.15, 0.2) is 5.69 Å². The molecule has 0 aromatic carbocycles. The third-order valence-corrected chi connectivity index (χ3v) is 3.48. The Kier molecular flexibility index (Phi) is 4.31. The Morgan fingerprint density at radius 3 is 2.79 bits per heavy atom. The van der Waals surface area contributed by atoms with Crippen molar-refractivity contribution in [2.45, 2.75) is 18.9 Å². The molecule has 104 valence electrons. The maximum atomic E-state index is 11.7. The summed E-state index contributed by atoms with van der Waals surface area (Å²) in [5.41, 5.74) is 0.369. The molecule has 0 radical (unpaired) electrons. The molecular formula is C13H21N5O. The molecular weight excluding hydrogens is 242 g/mol. The summed E-state index contributed by atoms with van der Waals surface area (Å²) in [6.07, 6.45) is 2.47. The maximum absolute atomic E-state index is 11.7. The molecule has 0 bridgehead atoms. The van der Waals surface area contributed by atoms with Crippen LogP contribution in [-0.4, -0.2) is 66.2 Å². The first-order valence-corrected chi connectivity index (χ1v) is 6.57. The standard InChI is InChI=1S/C13H21N5O/c1-17(2)13(19)11-6-7-12(16-15-11)14-9-10-5-4-8-18(10)3/h6-7,10H,4-5,8-9H2,1-3H3,(H,14,16). The molecule has 1 atom stereocenters. The zero-order valence-electron chi connectivity index (χ0n) is 11.8. The van der Waals surface area contributed by atoms with Crippen molar-refractivity contribution in [3.05, 3.63) is 17.8 Å². The van der Waals surface area contributed by atoms with Crippen molar-refractivity contribution in [2.24, 2.45) is 0 Å². The summed E-state index contributed by atoms with van der Waals surface area (Å²) in [4.78, 5) is 15.5. The number of likely N-dealkylation sites (N-methyl/N-ethyl adjacent to an activating group) is 1. The van der Waals surface area contributed by atoms with Gasteiger partial charge < -0.3 is 15.1 Å². The number of anilines is 1. The van der Waals surface area contributed by atoms with Crippen LogP contribution in [0.4, 0.5) is 5.82 Å². The average Bonchev–Trinajstić information content (AvgIpc) is 2.81. The first-order valence-electron chi connectivity index (χ1n) is 6.57. The lowest BCUT2D eigenvalue weighted by Gasteiger charge is -2.19. The number of nitrogens with one attached hydrogen (secondary N) is 1. The Bertz CT molecular complexity index is 431. The van der Waals surface area contributed by atoms with E-state index in [9.17, 15) is 4.79 Å². The van der Waals surface area contributed by atoms with Gasteiger partial charge in [-0.3, -0.25) is 4.79 Å². The Labute approximate surface area is 113 Å². The minimum absolute atomic E-state index is 0.130. The predicted octanol–water partition coefficient (Wildman–Crippen LogP) is 0.684. The normalized spacial score (nSPS) is 19.4. The van der Waals surface area contributed by atoms with Gasteiger partial charge in [-0.2, -0.15) is 0 Å². The Morgan fingerprint density at radius 2 is 2.26 bits per heavy atom. The quantitative estimate of drug-likeness (QED) is 0.866. The molecule has 1 aromatic rings. The number of hydrogen-bond donors (Lipinski definition) is 1. The largest absolute Gasteiger partial charge is 0.367 e. The van der Waals surface area contributed by atoms with Gasteiger partial charge in [0.25, 0.3) is 5.91 Å². The fourth-order valence-electron chi connectivity index (χ4n) is 2.23. The monoisotopic (exact) mass is 263 g/mol. The molecule has 0 aliphatic carbocycles. The third-order valence-electron chi connectivity index (χ3n) is 3.48. The number of rotatable bonds is 4. The van der Waals surface area contributed by atoms with Crippen LogP contribution in [0.25, 0.3) is 0 Å². The maximum Gasteiger partial charge on any atom is 0.273 e. The summed E-state index contributed by atoms with van der Waals surface area (Å²) in [7, 11) is 5.54. The molecule has 2 heterocycles. The van der Waals surface area contributed by atoms with Crippen molar-refractivity contribution >= 4 is 11.7 Å². The molecule has 1 saturated heterocycles. The van der Waals surface area contributed by atoms with Crippen molar-refractivity contribution in [2.75, 3.05) is 39.5 Å². The van der Waals surface area contributed by atoms with Crippen LogP contribution in [0, 0.1) is 0 Å². The van der Waals surface area contributed by atoms with Crippen LogP contribution < -0.4 is 5.32 Å². The number of nitrogens with zero attached hydrogens (tertiary/aromatic N) is 4. The minimum Gasteiger partial charge on any atom is -0.367 e. The van der Waals surface area contributed by atoms with E-state index in [-0.39, 0.29) is 5.91 Å². The van der Waals surface area contributed by atoms with Crippen molar-refractivity contribution in [3.8, 4) is 0 Å². The first kappa shape index (κ1) is 13.7. The molecule has 1 aliphatic heterocycles. The van der Waals surface area contributed by atoms with Crippen LogP contribution in [0.1, 0.15) is 23.3 Å². The van der Waals surface area contributed by atoms with Crippen LogP contribution in [0.15, 0.2) is 12.1 Å². The number of carbonyl (C=O) groups is 1. The van der Waals surface area contributed by atoms with E-state index in [1.165, 1.54) is 17.7 Å². The zero-order chi connectivity index (χ0) is 13.8. The van der Waals surface area contributed by atoms with E-state index in [0.717, 1.165) is 18.9 Å². The molecule has 0 spiro atoms. The molecule has 6 nitrogen and oxygen atoms in total. The fourth-order valence-corrected chi connectivity index (χ4v) is 2.23. The van der Waals surface area contributed by atoms with E-state index in [4.69, 9.17) is 0 Å². The Balaban J connectivity index is 1.90.